The Balaban J connectivity index is 1.65. The van der Waals surface area contributed by atoms with Crippen molar-refractivity contribution in [3.63, 3.8) is 0 Å². The summed E-state index contributed by atoms with van der Waals surface area (Å²) in [4.78, 5) is 11.9. The molecule has 1 saturated carbocycles. The van der Waals surface area contributed by atoms with Gasteiger partial charge in [0.25, 0.3) is 0 Å². The molecular weight excluding hydrogens is 224 g/mol. The molecule has 98 valence electrons. The van der Waals surface area contributed by atoms with Gasteiger partial charge >= 0.3 is 0 Å². The van der Waals surface area contributed by atoms with E-state index in [0.717, 1.165) is 38.6 Å². The van der Waals surface area contributed by atoms with E-state index in [1.807, 2.05) is 18.2 Å². The lowest BCUT2D eigenvalue weighted by atomic mass is 10.0. The van der Waals surface area contributed by atoms with E-state index in [9.17, 15) is 4.79 Å². The summed E-state index contributed by atoms with van der Waals surface area (Å²) in [5.74, 6) is 0.190. The molecule has 2 rings (SSSR count). The number of rotatable bonds is 5. The minimum absolute atomic E-state index is 0.0433. The van der Waals surface area contributed by atoms with Crippen molar-refractivity contribution in [2.24, 2.45) is 11.7 Å². The lowest BCUT2D eigenvalue weighted by molar-refractivity contribution is -0.125. The normalized spacial score (nSPS) is 22.9. The second kappa shape index (κ2) is 6.55. The van der Waals surface area contributed by atoms with Gasteiger partial charge in [0.05, 0.1) is 5.92 Å². The molecule has 1 amide bonds. The zero-order chi connectivity index (χ0) is 12.8. The lowest BCUT2D eigenvalue weighted by Crippen LogP contribution is -2.39. The predicted octanol–water partition coefficient (Wildman–Crippen LogP) is 1.86. The third-order valence-electron chi connectivity index (χ3n) is 3.69. The number of carbonyl (C=O) groups is 1. The summed E-state index contributed by atoms with van der Waals surface area (Å²) in [6.45, 7) is 0.747. The number of carbonyl (C=O) groups excluding carboxylic acids is 1. The number of hydrogen-bond acceptors (Lipinski definition) is 2. The molecule has 0 saturated heterocycles. The molecule has 0 aliphatic heterocycles. The summed E-state index contributed by atoms with van der Waals surface area (Å²) >= 11 is 0. The van der Waals surface area contributed by atoms with Crippen LogP contribution in [0, 0.1) is 5.92 Å². The van der Waals surface area contributed by atoms with E-state index in [0.29, 0.717) is 0 Å². The quantitative estimate of drug-likeness (QED) is 0.779. The topological polar surface area (TPSA) is 55.1 Å². The molecule has 1 fully saturated rings. The van der Waals surface area contributed by atoms with Crippen molar-refractivity contribution in [1.29, 1.82) is 0 Å². The van der Waals surface area contributed by atoms with Gasteiger partial charge in [-0.1, -0.05) is 36.8 Å². The number of nitrogens with one attached hydrogen (secondary N) is 1. The highest BCUT2D eigenvalue weighted by atomic mass is 16.1. The highest BCUT2D eigenvalue weighted by Gasteiger charge is 2.29. The van der Waals surface area contributed by atoms with Gasteiger partial charge in [-0.2, -0.15) is 0 Å². The zero-order valence-corrected chi connectivity index (χ0v) is 10.8. The van der Waals surface area contributed by atoms with Crippen LogP contribution in [0.15, 0.2) is 30.3 Å². The highest BCUT2D eigenvalue weighted by molar-refractivity contribution is 5.79. The Bertz CT molecular complexity index is 377. The summed E-state index contributed by atoms with van der Waals surface area (Å²) in [5.41, 5.74) is 7.24. The maximum absolute atomic E-state index is 11.9. The molecular formula is C15H22N2O. The molecule has 0 bridgehead atoms. The maximum atomic E-state index is 11.9. The third kappa shape index (κ3) is 3.57. The first-order chi connectivity index (χ1) is 8.77. The van der Waals surface area contributed by atoms with E-state index < -0.39 is 0 Å². The molecule has 0 radical (unpaired) electrons. The van der Waals surface area contributed by atoms with E-state index >= 15 is 0 Å². The van der Waals surface area contributed by atoms with Crippen LogP contribution in [-0.2, 0) is 11.2 Å². The first-order valence-electron chi connectivity index (χ1n) is 6.84. The van der Waals surface area contributed by atoms with Gasteiger partial charge in [0.2, 0.25) is 5.91 Å². The van der Waals surface area contributed by atoms with Crippen LogP contribution in [0.25, 0.3) is 0 Å². The minimum Gasteiger partial charge on any atom is -0.356 e. The molecule has 2 unspecified atom stereocenters. The maximum Gasteiger partial charge on any atom is 0.224 e. The van der Waals surface area contributed by atoms with Crippen LogP contribution in [0.2, 0.25) is 0 Å². The summed E-state index contributed by atoms with van der Waals surface area (Å²) in [7, 11) is 0. The Kier molecular flexibility index (Phi) is 4.76. The zero-order valence-electron chi connectivity index (χ0n) is 10.8. The Hall–Kier alpha value is -1.35. The molecule has 1 aliphatic carbocycles. The van der Waals surface area contributed by atoms with Gasteiger partial charge in [0.1, 0.15) is 0 Å². The lowest BCUT2D eigenvalue weighted by Gasteiger charge is -2.14. The van der Waals surface area contributed by atoms with Gasteiger partial charge in [-0.05, 0) is 31.2 Å². The summed E-state index contributed by atoms with van der Waals surface area (Å²) in [5, 5.41) is 3.01. The van der Waals surface area contributed by atoms with Crippen LogP contribution in [0.5, 0.6) is 0 Å². The molecule has 3 heteroatoms. The predicted molar refractivity (Wildman–Crippen MR) is 73.1 cm³/mol. The number of nitrogens with two attached hydrogens (primary N) is 1. The van der Waals surface area contributed by atoms with E-state index in [1.165, 1.54) is 5.56 Å². The van der Waals surface area contributed by atoms with Gasteiger partial charge in [-0.3, -0.25) is 4.79 Å². The molecule has 0 spiro atoms. The SMILES string of the molecule is NC1CCCC1C(=O)NCCCc1ccccc1. The molecule has 18 heavy (non-hydrogen) atoms. The van der Waals surface area contributed by atoms with Crippen LogP contribution in [-0.4, -0.2) is 18.5 Å². The second-order valence-corrected chi connectivity index (χ2v) is 5.08. The molecule has 0 heterocycles. The Labute approximate surface area is 109 Å². The van der Waals surface area contributed by atoms with Crippen molar-refractivity contribution in [2.75, 3.05) is 6.54 Å². The standard InChI is InChI=1S/C15H22N2O/c16-14-10-4-9-13(14)15(18)17-11-5-8-12-6-2-1-3-7-12/h1-3,6-7,13-14H,4-5,8-11,16H2,(H,17,18). The van der Waals surface area contributed by atoms with Crippen LogP contribution in [0.4, 0.5) is 0 Å². The second-order valence-electron chi connectivity index (χ2n) is 5.08. The summed E-state index contributed by atoms with van der Waals surface area (Å²) in [6, 6.07) is 10.4. The van der Waals surface area contributed by atoms with Crippen LogP contribution in [0.1, 0.15) is 31.2 Å². The van der Waals surface area contributed by atoms with Gasteiger partial charge < -0.3 is 11.1 Å². The molecule has 1 aromatic rings. The highest BCUT2D eigenvalue weighted by Crippen LogP contribution is 2.23. The first-order valence-corrected chi connectivity index (χ1v) is 6.84. The Morgan fingerprint density at radius 2 is 2.06 bits per heavy atom. The van der Waals surface area contributed by atoms with Crippen LogP contribution >= 0.6 is 0 Å². The average molecular weight is 246 g/mol. The minimum atomic E-state index is 0.0433. The third-order valence-corrected chi connectivity index (χ3v) is 3.69. The Morgan fingerprint density at radius 1 is 1.28 bits per heavy atom. The Morgan fingerprint density at radius 3 is 2.72 bits per heavy atom. The summed E-state index contributed by atoms with van der Waals surface area (Å²) < 4.78 is 0. The van der Waals surface area contributed by atoms with Gasteiger partial charge in [0.15, 0.2) is 0 Å². The van der Waals surface area contributed by atoms with E-state index in [-0.39, 0.29) is 17.9 Å². The molecule has 3 N–H and O–H groups in total. The van der Waals surface area contributed by atoms with E-state index in [2.05, 4.69) is 17.4 Å². The van der Waals surface area contributed by atoms with Crippen LogP contribution in [0.3, 0.4) is 0 Å². The molecule has 1 aromatic carbocycles. The largest absolute Gasteiger partial charge is 0.356 e. The van der Waals surface area contributed by atoms with Crippen molar-refractivity contribution in [1.82, 2.24) is 5.32 Å². The first kappa shape index (κ1) is 13.1. The van der Waals surface area contributed by atoms with Crippen molar-refractivity contribution in [2.45, 2.75) is 38.1 Å². The fraction of sp³-hybridized carbons (Fsp3) is 0.533. The number of benzene rings is 1. The van der Waals surface area contributed by atoms with Gasteiger partial charge in [-0.15, -0.1) is 0 Å². The average Bonchev–Trinajstić information content (AvgIpc) is 2.82. The molecule has 3 nitrogen and oxygen atoms in total. The smallest absolute Gasteiger partial charge is 0.224 e. The fourth-order valence-electron chi connectivity index (χ4n) is 2.59. The molecule has 2 atom stereocenters. The molecule has 1 aliphatic rings. The monoisotopic (exact) mass is 246 g/mol. The van der Waals surface area contributed by atoms with Crippen molar-refractivity contribution >= 4 is 5.91 Å². The van der Waals surface area contributed by atoms with Crippen molar-refractivity contribution in [3.8, 4) is 0 Å². The number of aryl methyl sites for hydroxylation is 1. The fourth-order valence-corrected chi connectivity index (χ4v) is 2.59. The van der Waals surface area contributed by atoms with E-state index in [4.69, 9.17) is 5.73 Å². The molecule has 0 aromatic heterocycles. The number of amides is 1. The van der Waals surface area contributed by atoms with Crippen LogP contribution < -0.4 is 11.1 Å². The van der Waals surface area contributed by atoms with Gasteiger partial charge in [-0.25, -0.2) is 0 Å². The van der Waals surface area contributed by atoms with E-state index in [1.54, 1.807) is 0 Å². The van der Waals surface area contributed by atoms with Gasteiger partial charge in [0, 0.05) is 12.6 Å². The summed E-state index contributed by atoms with van der Waals surface area (Å²) in [6.07, 6.45) is 5.02. The van der Waals surface area contributed by atoms with Crippen molar-refractivity contribution in [3.05, 3.63) is 35.9 Å². The van der Waals surface area contributed by atoms with Crippen molar-refractivity contribution < 1.29 is 4.79 Å². The number of hydrogen-bond donors (Lipinski definition) is 2.